The van der Waals surface area contributed by atoms with Gasteiger partial charge in [-0.05, 0) is 31.6 Å². The Kier molecular flexibility index (Phi) is 3.84. The topological polar surface area (TPSA) is 69.6 Å². The van der Waals surface area contributed by atoms with E-state index in [1.807, 2.05) is 0 Å². The fourth-order valence-corrected chi connectivity index (χ4v) is 3.34. The molecule has 1 heterocycles. The minimum absolute atomic E-state index is 0.156. The summed E-state index contributed by atoms with van der Waals surface area (Å²) < 4.78 is 27.7. The van der Waals surface area contributed by atoms with Crippen LogP contribution in [0.25, 0.3) is 0 Å². The van der Waals surface area contributed by atoms with Gasteiger partial charge in [-0.1, -0.05) is 6.42 Å². The Labute approximate surface area is 97.0 Å². The van der Waals surface area contributed by atoms with Crippen molar-refractivity contribution in [1.82, 2.24) is 9.03 Å². The van der Waals surface area contributed by atoms with E-state index in [9.17, 15) is 13.5 Å². The Hall–Kier alpha value is -0.170. The summed E-state index contributed by atoms with van der Waals surface area (Å²) in [6.45, 7) is 1.37. The molecule has 2 rings (SSSR count). The summed E-state index contributed by atoms with van der Waals surface area (Å²) in [6.07, 6.45) is 4.51. The molecule has 2 N–H and O–H groups in total. The van der Waals surface area contributed by atoms with E-state index in [1.165, 1.54) is 4.31 Å². The molecule has 1 saturated carbocycles. The second kappa shape index (κ2) is 5.00. The molecule has 16 heavy (non-hydrogen) atoms. The number of aliphatic hydroxyl groups is 1. The molecule has 2 fully saturated rings. The van der Waals surface area contributed by atoms with E-state index in [4.69, 9.17) is 0 Å². The monoisotopic (exact) mass is 248 g/mol. The standard InChI is InChI=1S/C10H20N2O3S/c13-10(9-4-5-9)8-11-16(14,15)12-6-2-1-3-7-12/h9-11,13H,1-8H2. The molecule has 1 saturated heterocycles. The van der Waals surface area contributed by atoms with Crippen LogP contribution in [0.2, 0.25) is 0 Å². The molecule has 0 aromatic rings. The van der Waals surface area contributed by atoms with Crippen LogP contribution in [0.1, 0.15) is 32.1 Å². The fraction of sp³-hybridized carbons (Fsp3) is 1.00. The number of piperidine rings is 1. The van der Waals surface area contributed by atoms with Crippen molar-refractivity contribution in [2.75, 3.05) is 19.6 Å². The quantitative estimate of drug-likeness (QED) is 0.724. The number of hydrogen-bond acceptors (Lipinski definition) is 3. The van der Waals surface area contributed by atoms with E-state index in [-0.39, 0.29) is 6.54 Å². The summed E-state index contributed by atoms with van der Waals surface area (Å²) in [6, 6.07) is 0. The summed E-state index contributed by atoms with van der Waals surface area (Å²) >= 11 is 0. The molecular formula is C10H20N2O3S. The Balaban J connectivity index is 1.81. The Morgan fingerprint density at radius 3 is 2.44 bits per heavy atom. The van der Waals surface area contributed by atoms with Crippen molar-refractivity contribution in [3.63, 3.8) is 0 Å². The molecule has 2 aliphatic rings. The summed E-state index contributed by atoms with van der Waals surface area (Å²) in [5, 5.41) is 9.61. The molecule has 0 radical (unpaired) electrons. The molecular weight excluding hydrogens is 228 g/mol. The van der Waals surface area contributed by atoms with E-state index in [1.54, 1.807) is 0 Å². The van der Waals surface area contributed by atoms with Gasteiger partial charge in [-0.3, -0.25) is 0 Å². The number of hydrogen-bond donors (Lipinski definition) is 2. The number of nitrogens with zero attached hydrogens (tertiary/aromatic N) is 1. The van der Waals surface area contributed by atoms with Gasteiger partial charge in [0.15, 0.2) is 0 Å². The van der Waals surface area contributed by atoms with Gasteiger partial charge in [0.05, 0.1) is 6.10 Å². The van der Waals surface area contributed by atoms with Crippen molar-refractivity contribution in [3.8, 4) is 0 Å². The lowest BCUT2D eigenvalue weighted by molar-refractivity contribution is 0.154. The molecule has 1 aliphatic heterocycles. The summed E-state index contributed by atoms with van der Waals surface area (Å²) in [5.74, 6) is 0.309. The molecule has 0 bridgehead atoms. The highest BCUT2D eigenvalue weighted by atomic mass is 32.2. The van der Waals surface area contributed by atoms with Crippen molar-refractivity contribution in [2.45, 2.75) is 38.2 Å². The average molecular weight is 248 g/mol. The third-order valence-electron chi connectivity index (χ3n) is 3.30. The van der Waals surface area contributed by atoms with Crippen LogP contribution in [0, 0.1) is 5.92 Å². The van der Waals surface area contributed by atoms with Crippen LogP contribution in [0.3, 0.4) is 0 Å². The number of rotatable bonds is 5. The maximum atomic E-state index is 11.8. The minimum Gasteiger partial charge on any atom is -0.391 e. The zero-order valence-electron chi connectivity index (χ0n) is 9.43. The van der Waals surface area contributed by atoms with Crippen molar-refractivity contribution >= 4 is 10.2 Å². The van der Waals surface area contributed by atoms with Crippen LogP contribution in [-0.2, 0) is 10.2 Å². The second-order valence-electron chi connectivity index (χ2n) is 4.72. The number of aliphatic hydroxyl groups excluding tert-OH is 1. The first-order chi connectivity index (χ1) is 7.59. The highest BCUT2D eigenvalue weighted by molar-refractivity contribution is 7.87. The van der Waals surface area contributed by atoms with Gasteiger partial charge in [0.2, 0.25) is 0 Å². The highest BCUT2D eigenvalue weighted by Gasteiger charge is 2.31. The van der Waals surface area contributed by atoms with Crippen LogP contribution in [0.5, 0.6) is 0 Å². The third-order valence-corrected chi connectivity index (χ3v) is 4.87. The van der Waals surface area contributed by atoms with Crippen LogP contribution >= 0.6 is 0 Å². The van der Waals surface area contributed by atoms with E-state index >= 15 is 0 Å². The lowest BCUT2D eigenvalue weighted by Crippen LogP contribution is -2.45. The van der Waals surface area contributed by atoms with Crippen molar-refractivity contribution in [2.24, 2.45) is 5.92 Å². The third kappa shape index (κ3) is 3.16. The summed E-state index contributed by atoms with van der Waals surface area (Å²) in [7, 11) is -3.36. The SMILES string of the molecule is O=S(=O)(NCC(O)C1CC1)N1CCCCC1. The first kappa shape index (κ1) is 12.3. The van der Waals surface area contributed by atoms with Gasteiger partial charge in [-0.15, -0.1) is 0 Å². The van der Waals surface area contributed by atoms with E-state index in [0.29, 0.717) is 19.0 Å². The molecule has 1 atom stereocenters. The van der Waals surface area contributed by atoms with Crippen LogP contribution in [0.4, 0.5) is 0 Å². The molecule has 5 nitrogen and oxygen atoms in total. The molecule has 0 spiro atoms. The fourth-order valence-electron chi connectivity index (χ4n) is 2.03. The molecule has 6 heteroatoms. The van der Waals surface area contributed by atoms with E-state index in [0.717, 1.165) is 32.1 Å². The average Bonchev–Trinajstić information content (AvgIpc) is 3.11. The Morgan fingerprint density at radius 1 is 1.25 bits per heavy atom. The molecule has 0 amide bonds. The van der Waals surface area contributed by atoms with Gasteiger partial charge in [0, 0.05) is 19.6 Å². The Bertz CT molecular complexity index is 321. The number of nitrogens with one attached hydrogen (secondary N) is 1. The predicted octanol–water partition coefficient (Wildman–Crippen LogP) is 0.0776. The van der Waals surface area contributed by atoms with E-state index < -0.39 is 16.3 Å². The smallest absolute Gasteiger partial charge is 0.279 e. The van der Waals surface area contributed by atoms with E-state index in [2.05, 4.69) is 4.72 Å². The van der Waals surface area contributed by atoms with Crippen molar-refractivity contribution in [1.29, 1.82) is 0 Å². The minimum atomic E-state index is -3.36. The summed E-state index contributed by atoms with van der Waals surface area (Å²) in [4.78, 5) is 0. The molecule has 1 aliphatic carbocycles. The molecule has 0 aromatic heterocycles. The maximum Gasteiger partial charge on any atom is 0.279 e. The molecule has 94 valence electrons. The normalized spacial score (nSPS) is 25.6. The molecule has 1 unspecified atom stereocenters. The van der Waals surface area contributed by atoms with Gasteiger partial charge in [0.25, 0.3) is 10.2 Å². The lowest BCUT2D eigenvalue weighted by Gasteiger charge is -2.26. The van der Waals surface area contributed by atoms with Crippen molar-refractivity contribution in [3.05, 3.63) is 0 Å². The first-order valence-electron chi connectivity index (χ1n) is 6.02. The first-order valence-corrected chi connectivity index (χ1v) is 7.46. The van der Waals surface area contributed by atoms with Gasteiger partial charge in [-0.2, -0.15) is 17.4 Å². The predicted molar refractivity (Wildman–Crippen MR) is 61.1 cm³/mol. The van der Waals surface area contributed by atoms with Gasteiger partial charge in [-0.25, -0.2) is 0 Å². The van der Waals surface area contributed by atoms with Crippen LogP contribution in [0.15, 0.2) is 0 Å². The lowest BCUT2D eigenvalue weighted by atomic mass is 10.2. The van der Waals surface area contributed by atoms with Gasteiger partial charge < -0.3 is 5.11 Å². The zero-order chi connectivity index (χ0) is 11.6. The zero-order valence-corrected chi connectivity index (χ0v) is 10.2. The van der Waals surface area contributed by atoms with Crippen LogP contribution < -0.4 is 4.72 Å². The summed E-state index contributed by atoms with van der Waals surface area (Å²) in [5.41, 5.74) is 0. The van der Waals surface area contributed by atoms with Crippen molar-refractivity contribution < 1.29 is 13.5 Å². The highest BCUT2D eigenvalue weighted by Crippen LogP contribution is 2.32. The van der Waals surface area contributed by atoms with Crippen LogP contribution in [-0.4, -0.2) is 43.6 Å². The maximum absolute atomic E-state index is 11.8. The van der Waals surface area contributed by atoms with Gasteiger partial charge >= 0.3 is 0 Å². The Morgan fingerprint density at radius 2 is 1.88 bits per heavy atom. The largest absolute Gasteiger partial charge is 0.391 e. The second-order valence-corrected chi connectivity index (χ2v) is 6.47. The van der Waals surface area contributed by atoms with Gasteiger partial charge in [0.1, 0.15) is 0 Å². The molecule has 0 aromatic carbocycles.